The lowest BCUT2D eigenvalue weighted by molar-refractivity contribution is -0.128. The molecule has 0 saturated carbocycles. The number of hydrogen-bond donors (Lipinski definition) is 1. The van der Waals surface area contributed by atoms with Gasteiger partial charge >= 0.3 is 0 Å². The Morgan fingerprint density at radius 3 is 2.20 bits per heavy atom. The average molecular weight is 435 g/mol. The molecule has 1 aromatic carbocycles. The third-order valence-corrected chi connectivity index (χ3v) is 7.75. The fourth-order valence-corrected chi connectivity index (χ4v) is 5.96. The number of sulfonamides is 1. The fraction of sp³-hybridized carbons (Fsp3) is 0.571. The molecule has 1 saturated heterocycles. The lowest BCUT2D eigenvalue weighted by Crippen LogP contribution is -2.48. The number of rotatable bonds is 5. The van der Waals surface area contributed by atoms with E-state index < -0.39 is 15.6 Å². The first-order valence-corrected chi connectivity index (χ1v) is 11.6. The molecule has 1 aromatic heterocycles. The highest BCUT2D eigenvalue weighted by molar-refractivity contribution is 7.89. The van der Waals surface area contributed by atoms with Crippen LogP contribution in [-0.2, 0) is 20.4 Å². The number of benzene rings is 1. The number of nitrogens with zero attached hydrogens (tertiary/aromatic N) is 3. The summed E-state index contributed by atoms with van der Waals surface area (Å²) in [5, 5.41) is 6.87. The van der Waals surface area contributed by atoms with Gasteiger partial charge < -0.3 is 9.84 Å². The molecule has 0 unspecified atom stereocenters. The third-order valence-electron chi connectivity index (χ3n) is 5.55. The Labute approximate surface area is 178 Å². The van der Waals surface area contributed by atoms with Crippen LogP contribution in [-0.4, -0.2) is 41.9 Å². The van der Waals surface area contributed by atoms with Gasteiger partial charge in [0.05, 0.1) is 10.4 Å². The standard InChI is InChI=1S/C21H30N4O4S/c1-13-11-14(2)18(15(3)12-13)30(27,28)25-9-7-17(8-10-25)19(26)23-21(5,6)20-22-16(4)29-24-20/h11-12,17H,7-10H2,1-6H3,(H,23,26). The van der Waals surface area contributed by atoms with Gasteiger partial charge in [0.15, 0.2) is 5.82 Å². The molecule has 0 aliphatic carbocycles. The molecule has 3 rings (SSSR count). The molecule has 0 radical (unpaired) electrons. The highest BCUT2D eigenvalue weighted by Gasteiger charge is 2.36. The maximum Gasteiger partial charge on any atom is 0.243 e. The van der Waals surface area contributed by atoms with Gasteiger partial charge in [-0.05, 0) is 58.6 Å². The van der Waals surface area contributed by atoms with Gasteiger partial charge in [-0.15, -0.1) is 0 Å². The van der Waals surface area contributed by atoms with Crippen molar-refractivity contribution in [3.05, 3.63) is 40.5 Å². The molecule has 0 atom stereocenters. The van der Waals surface area contributed by atoms with Crippen molar-refractivity contribution in [2.24, 2.45) is 5.92 Å². The maximum absolute atomic E-state index is 13.2. The summed E-state index contributed by atoms with van der Waals surface area (Å²) in [5.74, 6) is 0.470. The zero-order valence-electron chi connectivity index (χ0n) is 18.4. The summed E-state index contributed by atoms with van der Waals surface area (Å²) >= 11 is 0. The van der Waals surface area contributed by atoms with Gasteiger partial charge in [-0.3, -0.25) is 4.79 Å². The molecule has 2 heterocycles. The largest absolute Gasteiger partial charge is 0.344 e. The first kappa shape index (κ1) is 22.4. The zero-order valence-corrected chi connectivity index (χ0v) is 19.3. The van der Waals surface area contributed by atoms with Crippen LogP contribution >= 0.6 is 0 Å². The average Bonchev–Trinajstić information content (AvgIpc) is 3.08. The van der Waals surface area contributed by atoms with Gasteiger partial charge in [-0.2, -0.15) is 9.29 Å². The van der Waals surface area contributed by atoms with E-state index in [-0.39, 0.29) is 11.8 Å². The Bertz CT molecular complexity index is 1030. The predicted molar refractivity (Wildman–Crippen MR) is 112 cm³/mol. The van der Waals surface area contributed by atoms with Crippen LogP contribution in [0.1, 0.15) is 55.1 Å². The van der Waals surface area contributed by atoms with Crippen molar-refractivity contribution < 1.29 is 17.7 Å². The van der Waals surface area contributed by atoms with Crippen LogP contribution in [0.25, 0.3) is 0 Å². The smallest absolute Gasteiger partial charge is 0.243 e. The van der Waals surface area contributed by atoms with Crippen LogP contribution in [0.3, 0.4) is 0 Å². The molecule has 1 aliphatic rings. The van der Waals surface area contributed by atoms with E-state index in [2.05, 4.69) is 15.5 Å². The fourth-order valence-electron chi connectivity index (χ4n) is 4.08. The highest BCUT2D eigenvalue weighted by Crippen LogP contribution is 2.29. The Morgan fingerprint density at radius 1 is 1.13 bits per heavy atom. The van der Waals surface area contributed by atoms with E-state index in [1.807, 2.05) is 46.8 Å². The van der Waals surface area contributed by atoms with Gasteiger partial charge in [-0.25, -0.2) is 8.42 Å². The molecule has 1 N–H and O–H groups in total. The molecule has 2 aromatic rings. The molecule has 0 spiro atoms. The summed E-state index contributed by atoms with van der Waals surface area (Å²) in [6.07, 6.45) is 0.937. The number of hydrogen-bond acceptors (Lipinski definition) is 6. The van der Waals surface area contributed by atoms with Crippen molar-refractivity contribution in [3.8, 4) is 0 Å². The Kier molecular flexibility index (Phi) is 6.06. The Hall–Kier alpha value is -2.26. The second kappa shape index (κ2) is 8.11. The molecular weight excluding hydrogens is 404 g/mol. The number of carbonyl (C=O) groups is 1. The minimum Gasteiger partial charge on any atom is -0.344 e. The van der Waals surface area contributed by atoms with Gasteiger partial charge in [0, 0.05) is 25.9 Å². The summed E-state index contributed by atoms with van der Waals surface area (Å²) in [6.45, 7) is 11.6. The van der Waals surface area contributed by atoms with Crippen molar-refractivity contribution in [2.75, 3.05) is 13.1 Å². The number of aromatic nitrogens is 2. The number of carbonyl (C=O) groups excluding carboxylic acids is 1. The van der Waals surface area contributed by atoms with E-state index >= 15 is 0 Å². The molecule has 8 nitrogen and oxygen atoms in total. The highest BCUT2D eigenvalue weighted by atomic mass is 32.2. The van der Waals surface area contributed by atoms with Gasteiger partial charge in [0.25, 0.3) is 0 Å². The van der Waals surface area contributed by atoms with Crippen molar-refractivity contribution in [1.29, 1.82) is 0 Å². The minimum atomic E-state index is -3.60. The van der Waals surface area contributed by atoms with Crippen LogP contribution in [0.15, 0.2) is 21.6 Å². The van der Waals surface area contributed by atoms with Gasteiger partial charge in [-0.1, -0.05) is 22.9 Å². The van der Waals surface area contributed by atoms with E-state index in [0.717, 1.165) is 16.7 Å². The van der Waals surface area contributed by atoms with E-state index in [4.69, 9.17) is 4.52 Å². The van der Waals surface area contributed by atoms with E-state index in [0.29, 0.717) is 42.5 Å². The summed E-state index contributed by atoms with van der Waals surface area (Å²) in [6, 6.07) is 3.78. The van der Waals surface area contributed by atoms with E-state index in [1.54, 1.807) is 6.92 Å². The minimum absolute atomic E-state index is 0.123. The van der Waals surface area contributed by atoms with E-state index in [1.165, 1.54) is 4.31 Å². The lowest BCUT2D eigenvalue weighted by atomic mass is 9.95. The SMILES string of the molecule is Cc1cc(C)c(S(=O)(=O)N2CCC(C(=O)NC(C)(C)c3noc(C)n3)CC2)c(C)c1. The lowest BCUT2D eigenvalue weighted by Gasteiger charge is -2.33. The molecule has 1 aliphatic heterocycles. The van der Waals surface area contributed by atoms with Crippen molar-refractivity contribution >= 4 is 15.9 Å². The zero-order chi connectivity index (χ0) is 22.3. The number of amides is 1. The first-order chi connectivity index (χ1) is 13.9. The third kappa shape index (κ3) is 4.41. The Balaban J connectivity index is 1.68. The van der Waals surface area contributed by atoms with Crippen molar-refractivity contribution in [3.63, 3.8) is 0 Å². The molecule has 30 heavy (non-hydrogen) atoms. The topological polar surface area (TPSA) is 105 Å². The van der Waals surface area contributed by atoms with Crippen LogP contribution in [0.5, 0.6) is 0 Å². The second-order valence-electron chi connectivity index (χ2n) is 8.66. The molecule has 0 bridgehead atoms. The van der Waals surface area contributed by atoms with Gasteiger partial charge in [0.2, 0.25) is 21.8 Å². The molecular formula is C21H30N4O4S. The molecule has 1 fully saturated rings. The van der Waals surface area contributed by atoms with E-state index in [9.17, 15) is 13.2 Å². The quantitative estimate of drug-likeness (QED) is 0.776. The van der Waals surface area contributed by atoms with Gasteiger partial charge in [0.1, 0.15) is 0 Å². The summed E-state index contributed by atoms with van der Waals surface area (Å²) < 4.78 is 33.0. The van der Waals surface area contributed by atoms with Crippen LogP contribution < -0.4 is 5.32 Å². The maximum atomic E-state index is 13.2. The predicted octanol–water partition coefficient (Wildman–Crippen LogP) is 2.76. The molecule has 1 amide bonds. The summed E-state index contributed by atoms with van der Waals surface area (Å²) in [7, 11) is -3.60. The second-order valence-corrected chi connectivity index (χ2v) is 10.5. The Morgan fingerprint density at radius 2 is 1.70 bits per heavy atom. The summed E-state index contributed by atoms with van der Waals surface area (Å²) in [4.78, 5) is 17.4. The normalized spacial score (nSPS) is 16.6. The number of aryl methyl sites for hydroxylation is 4. The molecule has 164 valence electrons. The van der Waals surface area contributed by atoms with Crippen molar-refractivity contribution in [2.45, 2.75) is 64.8 Å². The molecule has 9 heteroatoms. The van der Waals surface area contributed by atoms with Crippen LogP contribution in [0.4, 0.5) is 0 Å². The van der Waals surface area contributed by atoms with Crippen LogP contribution in [0.2, 0.25) is 0 Å². The number of nitrogens with one attached hydrogen (secondary N) is 1. The van der Waals surface area contributed by atoms with Crippen LogP contribution in [0, 0.1) is 33.6 Å². The number of piperidine rings is 1. The first-order valence-electron chi connectivity index (χ1n) is 10.1. The van der Waals surface area contributed by atoms with Crippen molar-refractivity contribution in [1.82, 2.24) is 19.8 Å². The summed E-state index contributed by atoms with van der Waals surface area (Å²) in [5.41, 5.74) is 1.78. The monoisotopic (exact) mass is 434 g/mol.